The number of hydrogen-bond donors (Lipinski definition) is 1. The minimum absolute atomic E-state index is 0.0246. The molecule has 2 rings (SSSR count). The van der Waals surface area contributed by atoms with Crippen molar-refractivity contribution in [1.29, 1.82) is 0 Å². The highest BCUT2D eigenvalue weighted by Crippen LogP contribution is 2.44. The topological polar surface area (TPSA) is 43.0 Å². The lowest BCUT2D eigenvalue weighted by Gasteiger charge is -2.32. The van der Waals surface area contributed by atoms with Gasteiger partial charge in [0.25, 0.3) is 0 Å². The average Bonchev–Trinajstić information content (AvgIpc) is 3.63. The number of nitrogens with one attached hydrogen (secondary N) is 1. The summed E-state index contributed by atoms with van der Waals surface area (Å²) in [5.74, 6) is -0.444. The normalized spacial score (nSPS) is 23.8. The van der Waals surface area contributed by atoms with E-state index in [9.17, 15) is 0 Å². The second-order valence-electron chi connectivity index (χ2n) is 15.8. The number of fused-ring (bicyclic) bond motifs is 1. The van der Waals surface area contributed by atoms with Crippen molar-refractivity contribution in [3.05, 3.63) is 48.6 Å². The first-order valence-electron chi connectivity index (χ1n) is 22.0. The summed E-state index contributed by atoms with van der Waals surface area (Å²) < 4.78 is 20.4. The van der Waals surface area contributed by atoms with E-state index in [1.807, 2.05) is 7.05 Å². The van der Waals surface area contributed by atoms with Crippen molar-refractivity contribution in [2.45, 2.75) is 211 Å². The summed E-state index contributed by atoms with van der Waals surface area (Å²) in [5, 5.41) is 3.34. The van der Waals surface area contributed by atoms with Crippen LogP contribution in [-0.4, -0.2) is 69.3 Å². The predicted molar refractivity (Wildman–Crippen MR) is 222 cm³/mol. The molecule has 0 aliphatic carbocycles. The highest BCUT2D eigenvalue weighted by atomic mass is 16.8. The first-order chi connectivity index (χ1) is 25.0. The van der Waals surface area contributed by atoms with Gasteiger partial charge in [0.1, 0.15) is 12.2 Å². The van der Waals surface area contributed by atoms with Crippen LogP contribution < -0.4 is 5.32 Å². The molecule has 0 aromatic rings. The molecule has 0 aromatic carbocycles. The van der Waals surface area contributed by atoms with Gasteiger partial charge in [0.05, 0.1) is 12.2 Å². The quantitative estimate of drug-likeness (QED) is 0.0531. The van der Waals surface area contributed by atoms with E-state index in [0.29, 0.717) is 0 Å². The second-order valence-corrected chi connectivity index (χ2v) is 15.8. The van der Waals surface area contributed by atoms with E-state index >= 15 is 0 Å². The van der Waals surface area contributed by atoms with Gasteiger partial charge in [-0.05, 0) is 98.2 Å². The van der Waals surface area contributed by atoms with Crippen LogP contribution in [0.15, 0.2) is 48.6 Å². The molecule has 2 fully saturated rings. The van der Waals surface area contributed by atoms with Crippen LogP contribution in [0.4, 0.5) is 0 Å². The lowest BCUT2D eigenvalue weighted by atomic mass is 9.98. The maximum absolute atomic E-state index is 6.99. The Labute approximate surface area is 317 Å². The summed E-state index contributed by atoms with van der Waals surface area (Å²) in [6, 6.07) is 0. The molecule has 0 aromatic heterocycles. The van der Waals surface area contributed by atoms with Crippen LogP contribution in [0.5, 0.6) is 0 Å². The van der Waals surface area contributed by atoms with Crippen molar-refractivity contribution in [3.8, 4) is 0 Å². The number of unbranched alkanes of at least 4 members (excludes halogenated alkanes) is 18. The van der Waals surface area contributed by atoms with E-state index in [-0.39, 0.29) is 24.4 Å². The van der Waals surface area contributed by atoms with Crippen molar-refractivity contribution < 1.29 is 14.2 Å². The van der Waals surface area contributed by atoms with Gasteiger partial charge in [0, 0.05) is 25.9 Å². The van der Waals surface area contributed by atoms with Crippen molar-refractivity contribution in [1.82, 2.24) is 10.2 Å². The molecular weight excluding hydrogens is 629 g/mol. The van der Waals surface area contributed by atoms with Gasteiger partial charge < -0.3 is 24.4 Å². The Bertz CT molecular complexity index is 864. The molecule has 2 saturated heterocycles. The van der Waals surface area contributed by atoms with Crippen LogP contribution in [0.1, 0.15) is 181 Å². The van der Waals surface area contributed by atoms with Gasteiger partial charge in [-0.1, -0.05) is 140 Å². The molecule has 5 nitrogen and oxygen atoms in total. The molecule has 51 heavy (non-hydrogen) atoms. The van der Waals surface area contributed by atoms with Gasteiger partial charge in [-0.25, -0.2) is 0 Å². The number of rotatable bonds is 34. The second kappa shape index (κ2) is 31.1. The van der Waals surface area contributed by atoms with Gasteiger partial charge in [-0.15, -0.1) is 0 Å². The zero-order valence-electron chi connectivity index (χ0n) is 34.4. The third-order valence-electron chi connectivity index (χ3n) is 10.6. The van der Waals surface area contributed by atoms with E-state index in [2.05, 4.69) is 86.8 Å². The maximum atomic E-state index is 6.99. The molecule has 0 saturated carbocycles. The Morgan fingerprint density at radius 3 is 1.31 bits per heavy atom. The Kier molecular flexibility index (Phi) is 28.0. The van der Waals surface area contributed by atoms with E-state index < -0.39 is 5.79 Å². The first-order valence-corrected chi connectivity index (χ1v) is 22.0. The lowest BCUT2D eigenvalue weighted by molar-refractivity contribution is -0.218. The zero-order chi connectivity index (χ0) is 36.7. The molecule has 0 amide bonds. The molecule has 0 bridgehead atoms. The smallest absolute Gasteiger partial charge is 0.169 e. The van der Waals surface area contributed by atoms with Gasteiger partial charge in [-0.3, -0.25) is 0 Å². The van der Waals surface area contributed by atoms with Crippen molar-refractivity contribution in [2.75, 3.05) is 34.2 Å². The lowest BCUT2D eigenvalue weighted by Crippen LogP contribution is -2.39. The van der Waals surface area contributed by atoms with E-state index in [0.717, 1.165) is 38.8 Å². The zero-order valence-corrected chi connectivity index (χ0v) is 34.4. The van der Waals surface area contributed by atoms with E-state index in [1.54, 1.807) is 0 Å². The molecule has 296 valence electrons. The number of ether oxygens (including phenoxy) is 3. The first kappa shape index (κ1) is 45.9. The Morgan fingerprint density at radius 2 is 0.902 bits per heavy atom. The molecule has 2 aliphatic rings. The summed E-state index contributed by atoms with van der Waals surface area (Å²) in [5.41, 5.74) is 0. The predicted octanol–water partition coefficient (Wildman–Crippen LogP) is 12.4. The van der Waals surface area contributed by atoms with Gasteiger partial charge >= 0.3 is 0 Å². The monoisotopic (exact) mass is 713 g/mol. The van der Waals surface area contributed by atoms with Crippen LogP contribution in [0.25, 0.3) is 0 Å². The van der Waals surface area contributed by atoms with E-state index in [4.69, 9.17) is 14.2 Å². The summed E-state index contributed by atoms with van der Waals surface area (Å²) in [6.45, 7) is 6.21. The summed E-state index contributed by atoms with van der Waals surface area (Å²) >= 11 is 0. The van der Waals surface area contributed by atoms with Crippen molar-refractivity contribution >= 4 is 0 Å². The fourth-order valence-electron chi connectivity index (χ4n) is 7.61. The molecule has 5 heteroatoms. The van der Waals surface area contributed by atoms with Gasteiger partial charge in [-0.2, -0.15) is 0 Å². The molecule has 1 N–H and O–H groups in total. The minimum atomic E-state index is -0.444. The molecule has 0 spiro atoms. The molecule has 2 aliphatic heterocycles. The number of allylic oxidation sites excluding steroid dienone is 8. The standard InChI is InChI=1S/C46H84N2O3/c1-6-8-10-12-14-16-18-20-22-24-26-28-30-32-34-36-38-46(50-44-42(40-47-3)49-43(41-48(4)5)45(44)51-46)39-37-35-33-31-29-27-25-23-21-19-17-15-13-11-9-7-2/h14-17,20-23,42-45,47H,6-13,18-19,24-41H2,1-5H3. The SMILES string of the molecule is CCCCCC=CCC=CCCCCCCCCC1(CCCCCCCCC=CCC=CCCCCC)OC2C(CNC)OC(CN(C)C)C2O1. The highest BCUT2D eigenvalue weighted by Gasteiger charge is 2.57. The summed E-state index contributed by atoms with van der Waals surface area (Å²) in [7, 11) is 6.26. The van der Waals surface area contributed by atoms with Crippen molar-refractivity contribution in [3.63, 3.8) is 0 Å². The van der Waals surface area contributed by atoms with Crippen LogP contribution in [0, 0.1) is 0 Å². The fraction of sp³-hybridized carbons (Fsp3) is 0.826. The van der Waals surface area contributed by atoms with Gasteiger partial charge in [0.2, 0.25) is 0 Å². The average molecular weight is 713 g/mol. The molecule has 0 radical (unpaired) electrons. The van der Waals surface area contributed by atoms with E-state index in [1.165, 1.54) is 141 Å². The fourth-order valence-corrected chi connectivity index (χ4v) is 7.61. The highest BCUT2D eigenvalue weighted by molar-refractivity contribution is 5.01. The Morgan fingerprint density at radius 1 is 0.510 bits per heavy atom. The molecule has 4 unspecified atom stereocenters. The van der Waals surface area contributed by atoms with Crippen LogP contribution >= 0.6 is 0 Å². The van der Waals surface area contributed by atoms with Crippen molar-refractivity contribution in [2.24, 2.45) is 0 Å². The third-order valence-corrected chi connectivity index (χ3v) is 10.6. The maximum Gasteiger partial charge on any atom is 0.169 e. The number of nitrogens with zero attached hydrogens (tertiary/aromatic N) is 1. The Hall–Kier alpha value is -1.24. The third kappa shape index (κ3) is 21.9. The Balaban J connectivity index is 1.69. The molecule has 4 atom stereocenters. The summed E-state index contributed by atoms with van der Waals surface area (Å²) in [6.07, 6.45) is 51.6. The van der Waals surface area contributed by atoms with Crippen LogP contribution in [-0.2, 0) is 14.2 Å². The number of hydrogen-bond acceptors (Lipinski definition) is 5. The minimum Gasteiger partial charge on any atom is -0.367 e. The molecular formula is C46H84N2O3. The largest absolute Gasteiger partial charge is 0.367 e. The van der Waals surface area contributed by atoms with Crippen LogP contribution in [0.3, 0.4) is 0 Å². The number of likely N-dealkylation sites (N-methyl/N-ethyl adjacent to an activating group) is 2. The van der Waals surface area contributed by atoms with Gasteiger partial charge in [0.15, 0.2) is 5.79 Å². The summed E-state index contributed by atoms with van der Waals surface area (Å²) in [4.78, 5) is 2.22. The molecule has 2 heterocycles. The van der Waals surface area contributed by atoms with Crippen LogP contribution in [0.2, 0.25) is 0 Å².